The second-order valence-corrected chi connectivity index (χ2v) is 26.7. The summed E-state index contributed by atoms with van der Waals surface area (Å²) in [4.78, 5) is 13.4. The molecule has 4 nitrogen and oxygen atoms in total. The number of hydrogen-bond acceptors (Lipinski definition) is 4. The van der Waals surface area contributed by atoms with Crippen LogP contribution in [0.1, 0.15) is 93.9 Å². The molecule has 0 aliphatic heterocycles. The summed E-state index contributed by atoms with van der Waals surface area (Å²) in [6.07, 6.45) is 6.60. The van der Waals surface area contributed by atoms with E-state index < -0.39 is 16.6 Å². The third-order valence-electron chi connectivity index (χ3n) is 13.0. The zero-order valence-electron chi connectivity index (χ0n) is 27.2. The average molecular weight is 575 g/mol. The van der Waals surface area contributed by atoms with Crippen molar-refractivity contribution in [2.75, 3.05) is 0 Å². The summed E-state index contributed by atoms with van der Waals surface area (Å²) in [5.74, 6) is 1.49. The monoisotopic (exact) mass is 574 g/mol. The molecule has 0 radical (unpaired) electrons. The minimum atomic E-state index is -2.19. The van der Waals surface area contributed by atoms with Crippen LogP contribution < -0.4 is 0 Å². The molecule has 5 unspecified atom stereocenters. The molecule has 0 aromatic carbocycles. The molecule has 1 N–H and O–H groups in total. The Labute approximate surface area is 241 Å². The summed E-state index contributed by atoms with van der Waals surface area (Å²) in [5, 5.41) is 10.2. The first-order valence-corrected chi connectivity index (χ1v) is 21.3. The van der Waals surface area contributed by atoms with Gasteiger partial charge in [-0.1, -0.05) is 67.5 Å². The van der Waals surface area contributed by atoms with Gasteiger partial charge in [0, 0.05) is 12.0 Å². The second-order valence-electron chi connectivity index (χ2n) is 17.1. The van der Waals surface area contributed by atoms with Gasteiger partial charge in [-0.15, -0.1) is 0 Å². The number of Topliss-reactive ketones (excluding diaryl/α,β-unsaturated/α-hetero) is 1. The Balaban J connectivity index is 1.93. The number of hydrogen-bond donors (Lipinski definition) is 1. The second kappa shape index (κ2) is 9.67. The summed E-state index contributed by atoms with van der Waals surface area (Å²) in [6.45, 7) is 32.9. The largest absolute Gasteiger partial charge is 0.515 e. The minimum absolute atomic E-state index is 0.0222. The van der Waals surface area contributed by atoms with E-state index in [1.807, 2.05) is 0 Å². The summed E-state index contributed by atoms with van der Waals surface area (Å²) >= 11 is 0. The van der Waals surface area contributed by atoms with Crippen LogP contribution in [0.2, 0.25) is 36.3 Å². The molecule has 8 atom stereocenters. The molecule has 0 amide bonds. The highest BCUT2D eigenvalue weighted by atomic mass is 28.4. The molecule has 0 saturated heterocycles. The van der Waals surface area contributed by atoms with Crippen molar-refractivity contribution in [3.05, 3.63) is 24.0 Å². The molecular weight excluding hydrogens is 517 g/mol. The van der Waals surface area contributed by atoms with Crippen molar-refractivity contribution < 1.29 is 18.8 Å². The highest BCUT2D eigenvalue weighted by Gasteiger charge is 2.67. The maximum atomic E-state index is 13.4. The minimum Gasteiger partial charge on any atom is -0.515 e. The zero-order chi connectivity index (χ0) is 29.6. The van der Waals surface area contributed by atoms with E-state index in [1.54, 1.807) is 0 Å². The van der Waals surface area contributed by atoms with Gasteiger partial charge in [-0.2, -0.15) is 0 Å². The fourth-order valence-electron chi connectivity index (χ4n) is 8.33. The van der Waals surface area contributed by atoms with Crippen molar-refractivity contribution >= 4 is 22.4 Å². The molecule has 4 saturated carbocycles. The Morgan fingerprint density at radius 2 is 1.44 bits per heavy atom. The predicted octanol–water partition coefficient (Wildman–Crippen LogP) is 9.21. The van der Waals surface area contributed by atoms with Crippen LogP contribution in [-0.2, 0) is 13.6 Å². The molecule has 4 rings (SSSR count). The molecular formula is C33H58O4Si2. The van der Waals surface area contributed by atoms with E-state index in [0.717, 1.165) is 25.5 Å². The molecule has 0 spiro atoms. The molecule has 222 valence electrons. The van der Waals surface area contributed by atoms with Crippen molar-refractivity contribution in [2.45, 2.75) is 142 Å². The van der Waals surface area contributed by atoms with Crippen LogP contribution in [-0.4, -0.2) is 39.7 Å². The van der Waals surface area contributed by atoms with Gasteiger partial charge in [0.25, 0.3) is 0 Å². The van der Waals surface area contributed by atoms with Gasteiger partial charge in [0.1, 0.15) is 0 Å². The van der Waals surface area contributed by atoms with E-state index in [1.165, 1.54) is 12.0 Å². The molecule has 0 aromatic rings. The fraction of sp³-hybridized carbons (Fsp3) is 0.848. The van der Waals surface area contributed by atoms with E-state index in [0.29, 0.717) is 36.2 Å². The lowest BCUT2D eigenvalue weighted by molar-refractivity contribution is -0.195. The smallest absolute Gasteiger partial charge is 0.192 e. The Morgan fingerprint density at radius 1 is 0.897 bits per heavy atom. The quantitative estimate of drug-likeness (QED) is 0.157. The fourth-order valence-corrected chi connectivity index (χ4v) is 11.0. The Bertz CT molecular complexity index is 1030. The number of rotatable bonds is 4. The van der Waals surface area contributed by atoms with Crippen molar-refractivity contribution in [3.8, 4) is 0 Å². The Hall–Kier alpha value is -0.696. The van der Waals surface area contributed by atoms with Crippen molar-refractivity contribution in [2.24, 2.45) is 34.5 Å². The Kier molecular flexibility index (Phi) is 7.75. The van der Waals surface area contributed by atoms with E-state index in [9.17, 15) is 9.90 Å². The standard InChI is InChI=1S/C33H58O4Si2/c1-21-14-15-23-27-24(16-17-32(21,23)8)33(9)19-22(20-34)26(35)18-25(33)28(36-38(10,11)30(2,3)4)29(27)37-39(12,13)31(5,6)7/h20,23-25,27-29,34H,1,14-19H2,2-13H3/b22-20+/t23?,24?,25?,27?,28-,29?,32-,33-/m1/s1. The number of fused-ring (bicyclic) bond motifs is 5. The summed E-state index contributed by atoms with van der Waals surface area (Å²) in [7, 11) is -4.35. The van der Waals surface area contributed by atoms with E-state index in [4.69, 9.17) is 8.85 Å². The summed E-state index contributed by atoms with van der Waals surface area (Å²) < 4.78 is 15.1. The summed E-state index contributed by atoms with van der Waals surface area (Å²) in [6, 6.07) is 0. The van der Waals surface area contributed by atoms with Crippen LogP contribution >= 0.6 is 0 Å². The normalized spacial score (nSPS) is 40.9. The lowest BCUT2D eigenvalue weighted by Gasteiger charge is -2.66. The van der Waals surface area contributed by atoms with Gasteiger partial charge < -0.3 is 14.0 Å². The van der Waals surface area contributed by atoms with Crippen molar-refractivity contribution in [1.82, 2.24) is 0 Å². The van der Waals surface area contributed by atoms with Gasteiger partial charge in [0.15, 0.2) is 22.4 Å². The zero-order valence-corrected chi connectivity index (χ0v) is 29.2. The maximum absolute atomic E-state index is 13.4. The number of aliphatic hydroxyl groups is 1. The topological polar surface area (TPSA) is 55.8 Å². The lowest BCUT2D eigenvalue weighted by Crippen LogP contribution is -2.68. The molecule has 0 aromatic heterocycles. The molecule has 4 aliphatic carbocycles. The first kappa shape index (κ1) is 31.2. The van der Waals surface area contributed by atoms with Gasteiger partial charge in [0.05, 0.1) is 18.5 Å². The molecule has 4 fully saturated rings. The van der Waals surface area contributed by atoms with Gasteiger partial charge in [-0.3, -0.25) is 4.79 Å². The highest BCUT2D eigenvalue weighted by Crippen LogP contribution is 2.68. The van der Waals surface area contributed by atoms with Crippen LogP contribution in [0.15, 0.2) is 24.0 Å². The van der Waals surface area contributed by atoms with Gasteiger partial charge in [-0.05, 0) is 103 Å². The number of ketones is 1. The van der Waals surface area contributed by atoms with Crippen LogP contribution in [0.5, 0.6) is 0 Å². The van der Waals surface area contributed by atoms with Gasteiger partial charge in [-0.25, -0.2) is 0 Å². The lowest BCUT2D eigenvalue weighted by atomic mass is 9.43. The molecule has 6 heteroatoms. The highest BCUT2D eigenvalue weighted by molar-refractivity contribution is 6.74. The van der Waals surface area contributed by atoms with Crippen LogP contribution in [0.25, 0.3) is 0 Å². The first-order chi connectivity index (χ1) is 17.6. The van der Waals surface area contributed by atoms with Gasteiger partial charge in [0.2, 0.25) is 0 Å². The third-order valence-corrected chi connectivity index (χ3v) is 22.0. The van der Waals surface area contributed by atoms with E-state index in [-0.39, 0.29) is 44.8 Å². The van der Waals surface area contributed by atoms with Crippen LogP contribution in [0.3, 0.4) is 0 Å². The maximum Gasteiger partial charge on any atom is 0.192 e. The molecule has 39 heavy (non-hydrogen) atoms. The van der Waals surface area contributed by atoms with E-state index >= 15 is 0 Å². The SMILES string of the molecule is C=C1CCC2C3C(O[Si](C)(C)C(C)(C)C)[C@H](O[Si](C)(C)C(C)(C)C)C4CC(=O)/C(=C/O)C[C@]4(C)C3CC[C@]12C. The average Bonchev–Trinajstić information content (AvgIpc) is 3.09. The number of carbonyl (C=O) groups is 1. The Morgan fingerprint density at radius 3 is 1.95 bits per heavy atom. The number of carbonyl (C=O) groups excluding carboxylic acids is 1. The van der Waals surface area contributed by atoms with Crippen LogP contribution in [0, 0.1) is 34.5 Å². The third kappa shape index (κ3) is 4.91. The molecule has 4 aliphatic rings. The number of aliphatic hydroxyl groups excluding tert-OH is 1. The number of allylic oxidation sites excluding steroid dienone is 2. The first-order valence-electron chi connectivity index (χ1n) is 15.5. The van der Waals surface area contributed by atoms with Crippen molar-refractivity contribution in [1.29, 1.82) is 0 Å². The predicted molar refractivity (Wildman–Crippen MR) is 167 cm³/mol. The van der Waals surface area contributed by atoms with Crippen LogP contribution in [0.4, 0.5) is 0 Å². The van der Waals surface area contributed by atoms with E-state index in [2.05, 4.69) is 88.2 Å². The summed E-state index contributed by atoms with van der Waals surface area (Å²) in [5.41, 5.74) is 2.05. The van der Waals surface area contributed by atoms with Gasteiger partial charge >= 0.3 is 0 Å². The molecule has 0 bridgehead atoms. The van der Waals surface area contributed by atoms with Crippen molar-refractivity contribution in [3.63, 3.8) is 0 Å². The molecule has 0 heterocycles.